The molecule has 2 rings (SSSR count). The van der Waals surface area contributed by atoms with E-state index in [1.54, 1.807) is 16.9 Å². The highest BCUT2D eigenvalue weighted by Crippen LogP contribution is 2.18. The van der Waals surface area contributed by atoms with E-state index in [-0.39, 0.29) is 23.2 Å². The summed E-state index contributed by atoms with van der Waals surface area (Å²) >= 11 is 0. The fraction of sp³-hybridized carbons (Fsp3) is 0.286. The molecule has 2 aromatic rings. The van der Waals surface area contributed by atoms with Crippen LogP contribution in [-0.2, 0) is 7.05 Å². The lowest BCUT2D eigenvalue weighted by molar-refractivity contribution is -0.384. The third-order valence-electron chi connectivity index (χ3n) is 3.41. The lowest BCUT2D eigenvalue weighted by atomic mass is 10.1. The van der Waals surface area contributed by atoms with E-state index in [2.05, 4.69) is 10.4 Å². The summed E-state index contributed by atoms with van der Waals surface area (Å²) in [6.45, 7) is 3.76. The van der Waals surface area contributed by atoms with Gasteiger partial charge in [0.2, 0.25) is 0 Å². The molecule has 0 bridgehead atoms. The van der Waals surface area contributed by atoms with E-state index in [0.717, 1.165) is 11.3 Å². The van der Waals surface area contributed by atoms with Crippen molar-refractivity contribution >= 4 is 11.6 Å². The highest BCUT2D eigenvalue weighted by Gasteiger charge is 2.17. The van der Waals surface area contributed by atoms with E-state index >= 15 is 0 Å². The van der Waals surface area contributed by atoms with Crippen molar-refractivity contribution < 1.29 is 9.72 Å². The SMILES string of the molecule is Cc1c([C@@H](C)NC(=O)c2cccc([N+](=O)[O-])c2)cnn1C. The van der Waals surface area contributed by atoms with E-state index in [9.17, 15) is 14.9 Å². The van der Waals surface area contributed by atoms with E-state index in [0.29, 0.717) is 0 Å². The number of rotatable bonds is 4. The Morgan fingerprint density at radius 2 is 2.19 bits per heavy atom. The smallest absolute Gasteiger partial charge is 0.270 e. The predicted octanol–water partition coefficient (Wildman–Crippen LogP) is 2.13. The second kappa shape index (κ2) is 5.74. The number of benzene rings is 1. The molecular weight excluding hydrogens is 272 g/mol. The molecule has 21 heavy (non-hydrogen) atoms. The second-order valence-electron chi connectivity index (χ2n) is 4.81. The van der Waals surface area contributed by atoms with Crippen LogP contribution in [0.2, 0.25) is 0 Å². The quantitative estimate of drug-likeness (QED) is 0.689. The number of non-ortho nitro benzene ring substituents is 1. The molecule has 1 aromatic carbocycles. The van der Waals surface area contributed by atoms with Crippen LogP contribution >= 0.6 is 0 Å². The molecule has 0 saturated heterocycles. The number of aromatic nitrogens is 2. The van der Waals surface area contributed by atoms with E-state index in [1.807, 2.05) is 20.9 Å². The molecule has 1 amide bonds. The van der Waals surface area contributed by atoms with Gasteiger partial charge in [-0.15, -0.1) is 0 Å². The van der Waals surface area contributed by atoms with E-state index in [1.165, 1.54) is 18.2 Å². The van der Waals surface area contributed by atoms with Gasteiger partial charge >= 0.3 is 0 Å². The Morgan fingerprint density at radius 3 is 2.76 bits per heavy atom. The van der Waals surface area contributed by atoms with Gasteiger partial charge in [-0.2, -0.15) is 5.10 Å². The first kappa shape index (κ1) is 14.7. The highest BCUT2D eigenvalue weighted by atomic mass is 16.6. The van der Waals surface area contributed by atoms with Crippen LogP contribution in [0.25, 0.3) is 0 Å². The minimum Gasteiger partial charge on any atom is -0.345 e. The van der Waals surface area contributed by atoms with Gasteiger partial charge in [-0.3, -0.25) is 19.6 Å². The van der Waals surface area contributed by atoms with Crippen molar-refractivity contribution in [3.8, 4) is 0 Å². The molecule has 1 heterocycles. The summed E-state index contributed by atoms with van der Waals surface area (Å²) < 4.78 is 1.73. The topological polar surface area (TPSA) is 90.1 Å². The lowest BCUT2D eigenvalue weighted by Crippen LogP contribution is -2.27. The van der Waals surface area contributed by atoms with Gasteiger partial charge in [-0.05, 0) is 19.9 Å². The predicted molar refractivity (Wildman–Crippen MR) is 76.9 cm³/mol. The molecule has 0 aliphatic carbocycles. The lowest BCUT2D eigenvalue weighted by Gasteiger charge is -2.13. The van der Waals surface area contributed by atoms with E-state index < -0.39 is 4.92 Å². The standard InChI is InChI=1S/C14H16N4O3/c1-9(13-8-15-17(3)10(13)2)16-14(19)11-5-4-6-12(7-11)18(20)21/h4-9H,1-3H3,(H,16,19)/t9-/m1/s1. The van der Waals surface area contributed by atoms with Crippen molar-refractivity contribution in [2.75, 3.05) is 0 Å². The van der Waals surface area contributed by atoms with Gasteiger partial charge in [0.05, 0.1) is 17.2 Å². The summed E-state index contributed by atoms with van der Waals surface area (Å²) in [5.41, 5.74) is 2.03. The molecule has 0 radical (unpaired) electrons. The number of hydrogen-bond acceptors (Lipinski definition) is 4. The Labute approximate surface area is 121 Å². The van der Waals surface area contributed by atoms with Crippen LogP contribution in [0.15, 0.2) is 30.5 Å². The number of carbonyl (C=O) groups is 1. The van der Waals surface area contributed by atoms with Gasteiger partial charge in [0.1, 0.15) is 0 Å². The van der Waals surface area contributed by atoms with Crippen LogP contribution in [0, 0.1) is 17.0 Å². The zero-order chi connectivity index (χ0) is 15.6. The fourth-order valence-electron chi connectivity index (χ4n) is 2.06. The molecule has 7 heteroatoms. The summed E-state index contributed by atoms with van der Waals surface area (Å²) in [7, 11) is 1.83. The van der Waals surface area contributed by atoms with Crippen LogP contribution in [0.5, 0.6) is 0 Å². The molecule has 7 nitrogen and oxygen atoms in total. The first-order valence-electron chi connectivity index (χ1n) is 6.44. The van der Waals surface area contributed by atoms with Crippen molar-refractivity contribution in [1.82, 2.24) is 15.1 Å². The number of amides is 1. The summed E-state index contributed by atoms with van der Waals surface area (Å²) in [6.07, 6.45) is 1.70. The Bertz CT molecular complexity index is 693. The number of nitrogens with one attached hydrogen (secondary N) is 1. The number of nitro benzene ring substituents is 1. The molecule has 0 unspecified atom stereocenters. The van der Waals surface area contributed by atoms with Crippen LogP contribution in [0.1, 0.15) is 34.6 Å². The van der Waals surface area contributed by atoms with Crippen LogP contribution in [0.3, 0.4) is 0 Å². The van der Waals surface area contributed by atoms with Crippen molar-refractivity contribution in [2.24, 2.45) is 7.05 Å². The molecule has 0 aliphatic rings. The Kier molecular flexibility index (Phi) is 4.02. The zero-order valence-corrected chi connectivity index (χ0v) is 12.0. The monoisotopic (exact) mass is 288 g/mol. The van der Waals surface area contributed by atoms with Crippen molar-refractivity contribution in [3.05, 3.63) is 57.4 Å². The zero-order valence-electron chi connectivity index (χ0n) is 12.0. The van der Waals surface area contributed by atoms with Gasteiger partial charge < -0.3 is 5.32 Å². The minimum absolute atomic E-state index is 0.104. The maximum absolute atomic E-state index is 12.2. The second-order valence-corrected chi connectivity index (χ2v) is 4.81. The van der Waals surface area contributed by atoms with Crippen LogP contribution in [0.4, 0.5) is 5.69 Å². The average molecular weight is 288 g/mol. The third kappa shape index (κ3) is 3.07. The Morgan fingerprint density at radius 1 is 1.48 bits per heavy atom. The van der Waals surface area contributed by atoms with Crippen LogP contribution < -0.4 is 5.32 Å². The molecule has 1 atom stereocenters. The van der Waals surface area contributed by atoms with Gasteiger partial charge in [0.25, 0.3) is 11.6 Å². The first-order valence-corrected chi connectivity index (χ1v) is 6.44. The number of hydrogen-bond donors (Lipinski definition) is 1. The summed E-state index contributed by atoms with van der Waals surface area (Å²) in [5.74, 6) is -0.352. The maximum Gasteiger partial charge on any atom is 0.270 e. The third-order valence-corrected chi connectivity index (χ3v) is 3.41. The number of aryl methyl sites for hydroxylation is 1. The van der Waals surface area contributed by atoms with Gasteiger partial charge in [0.15, 0.2) is 0 Å². The molecule has 0 aliphatic heterocycles. The number of carbonyl (C=O) groups excluding carboxylic acids is 1. The average Bonchev–Trinajstić information content (AvgIpc) is 2.79. The fourth-order valence-corrected chi connectivity index (χ4v) is 2.06. The largest absolute Gasteiger partial charge is 0.345 e. The number of nitro groups is 1. The van der Waals surface area contributed by atoms with Crippen molar-refractivity contribution in [2.45, 2.75) is 19.9 Å². The summed E-state index contributed by atoms with van der Waals surface area (Å²) in [4.78, 5) is 22.4. The van der Waals surface area contributed by atoms with Crippen LogP contribution in [-0.4, -0.2) is 20.6 Å². The molecule has 1 aromatic heterocycles. The Balaban J connectivity index is 2.16. The van der Waals surface area contributed by atoms with Crippen molar-refractivity contribution in [1.29, 1.82) is 0 Å². The maximum atomic E-state index is 12.2. The van der Waals surface area contributed by atoms with Gasteiger partial charge in [-0.1, -0.05) is 6.07 Å². The molecule has 0 spiro atoms. The normalized spacial score (nSPS) is 12.0. The molecule has 110 valence electrons. The van der Waals surface area contributed by atoms with Gasteiger partial charge in [-0.25, -0.2) is 0 Å². The molecule has 1 N–H and O–H groups in total. The Hall–Kier alpha value is -2.70. The minimum atomic E-state index is -0.522. The molecule has 0 saturated carbocycles. The summed E-state index contributed by atoms with van der Waals surface area (Å²) in [6, 6.07) is 5.42. The van der Waals surface area contributed by atoms with Crippen molar-refractivity contribution in [3.63, 3.8) is 0 Å². The molecular formula is C14H16N4O3. The first-order chi connectivity index (χ1) is 9.90. The molecule has 0 fully saturated rings. The number of nitrogens with zero attached hydrogens (tertiary/aromatic N) is 3. The summed E-state index contributed by atoms with van der Waals surface area (Å²) in [5, 5.41) is 17.7. The van der Waals surface area contributed by atoms with E-state index in [4.69, 9.17) is 0 Å². The van der Waals surface area contributed by atoms with Gasteiger partial charge in [0, 0.05) is 36.0 Å². The highest BCUT2D eigenvalue weighted by molar-refractivity contribution is 5.95.